The largest absolute Gasteiger partial charge is 0.490 e. The number of benzene rings is 2. The number of unbranched alkanes of at least 4 members (excludes halogenated alkanes) is 1. The third kappa shape index (κ3) is 4.65. The minimum absolute atomic E-state index is 0.150. The van der Waals surface area contributed by atoms with Crippen molar-refractivity contribution in [1.29, 1.82) is 0 Å². The van der Waals surface area contributed by atoms with Crippen molar-refractivity contribution in [1.82, 2.24) is 5.06 Å². The van der Waals surface area contributed by atoms with Crippen molar-refractivity contribution in [3.8, 4) is 11.5 Å². The number of hydrogen-bond donors (Lipinski definition) is 1. The Kier molecular flexibility index (Phi) is 7.85. The lowest BCUT2D eigenvalue weighted by Crippen LogP contribution is -2.51. The zero-order chi connectivity index (χ0) is 23.4. The maximum absolute atomic E-state index is 13.7. The fourth-order valence-electron chi connectivity index (χ4n) is 4.57. The summed E-state index contributed by atoms with van der Waals surface area (Å²) in [7, 11) is -3.71. The lowest BCUT2D eigenvalue weighted by Gasteiger charge is -2.42. The molecule has 0 spiro atoms. The van der Waals surface area contributed by atoms with Gasteiger partial charge in [-0.3, -0.25) is 0 Å². The van der Waals surface area contributed by atoms with Gasteiger partial charge in [0, 0.05) is 6.07 Å². The first-order valence-electron chi connectivity index (χ1n) is 11.5. The Morgan fingerprint density at radius 1 is 1.03 bits per heavy atom. The van der Waals surface area contributed by atoms with Crippen LogP contribution in [0.1, 0.15) is 70.5 Å². The molecule has 0 unspecified atom stereocenters. The van der Waals surface area contributed by atoms with E-state index < -0.39 is 21.4 Å². The summed E-state index contributed by atoms with van der Waals surface area (Å²) in [5, 5.41) is 13.0. The molecule has 32 heavy (non-hydrogen) atoms. The van der Waals surface area contributed by atoms with Crippen LogP contribution in [0.25, 0.3) is 0 Å². The Labute approximate surface area is 192 Å². The predicted octanol–water partition coefficient (Wildman–Crippen LogP) is 5.39. The number of hydroxylamine groups is 2. The molecule has 0 radical (unpaired) electrons. The Bertz CT molecular complexity index is 1010. The van der Waals surface area contributed by atoms with Gasteiger partial charge in [-0.05, 0) is 43.9 Å². The van der Waals surface area contributed by atoms with Crippen LogP contribution in [0.4, 0.5) is 0 Å². The van der Waals surface area contributed by atoms with Crippen LogP contribution in [-0.2, 0) is 9.84 Å². The third-order valence-corrected chi connectivity index (χ3v) is 8.20. The van der Waals surface area contributed by atoms with Crippen molar-refractivity contribution < 1.29 is 23.1 Å². The van der Waals surface area contributed by atoms with Crippen molar-refractivity contribution in [2.75, 3.05) is 19.0 Å². The normalized spacial score (nSPS) is 22.7. The lowest BCUT2D eigenvalue weighted by atomic mass is 9.87. The van der Waals surface area contributed by atoms with E-state index in [4.69, 9.17) is 9.47 Å². The van der Waals surface area contributed by atoms with E-state index in [0.29, 0.717) is 43.1 Å². The first-order valence-corrected chi connectivity index (χ1v) is 13.2. The highest BCUT2D eigenvalue weighted by atomic mass is 32.2. The molecule has 3 rings (SSSR count). The van der Waals surface area contributed by atoms with Gasteiger partial charge in [0.1, 0.15) is 0 Å². The van der Waals surface area contributed by atoms with Crippen LogP contribution in [0, 0.1) is 0 Å². The molecule has 1 aliphatic heterocycles. The van der Waals surface area contributed by atoms with Gasteiger partial charge in [-0.25, -0.2) is 8.42 Å². The summed E-state index contributed by atoms with van der Waals surface area (Å²) in [6.07, 6.45) is 2.84. The standard InChI is InChI=1S/C25H35NO5S/c1-5-9-15-25(6-2)18-32(28,29)23-17-22(31-8-4)21(30-7-3)16-20(23)24(26(25)27)19-13-11-10-12-14-19/h10-14,16-17,24,27H,5-9,15,18H2,1-4H3/t24-,25-/m1/s1. The molecular weight excluding hydrogens is 426 g/mol. The van der Waals surface area contributed by atoms with Gasteiger partial charge in [0.2, 0.25) is 0 Å². The highest BCUT2D eigenvalue weighted by molar-refractivity contribution is 7.91. The second-order valence-corrected chi connectivity index (χ2v) is 10.3. The van der Waals surface area contributed by atoms with E-state index in [0.717, 1.165) is 18.4 Å². The van der Waals surface area contributed by atoms with Crippen LogP contribution in [0.3, 0.4) is 0 Å². The maximum atomic E-state index is 13.7. The molecule has 1 heterocycles. The molecule has 0 amide bonds. The summed E-state index contributed by atoms with van der Waals surface area (Å²) < 4.78 is 39.0. The Morgan fingerprint density at radius 2 is 1.66 bits per heavy atom. The third-order valence-electron chi connectivity index (χ3n) is 6.26. The molecule has 1 aliphatic rings. The molecule has 0 bridgehead atoms. The highest BCUT2D eigenvalue weighted by Gasteiger charge is 2.48. The van der Waals surface area contributed by atoms with Gasteiger partial charge in [-0.1, -0.05) is 57.0 Å². The second kappa shape index (κ2) is 10.2. The molecular formula is C25H35NO5S. The summed E-state index contributed by atoms with van der Waals surface area (Å²) in [6.45, 7) is 8.55. The minimum Gasteiger partial charge on any atom is -0.490 e. The van der Waals surface area contributed by atoms with Crippen LogP contribution in [-0.4, -0.2) is 43.2 Å². The number of rotatable bonds is 9. The first-order chi connectivity index (χ1) is 15.3. The van der Waals surface area contributed by atoms with Crippen molar-refractivity contribution in [3.05, 3.63) is 53.6 Å². The van der Waals surface area contributed by atoms with E-state index in [1.807, 2.05) is 51.1 Å². The van der Waals surface area contributed by atoms with Gasteiger partial charge < -0.3 is 14.7 Å². The maximum Gasteiger partial charge on any atom is 0.180 e. The molecule has 2 aromatic rings. The van der Waals surface area contributed by atoms with Gasteiger partial charge in [0.05, 0.1) is 35.4 Å². The van der Waals surface area contributed by atoms with Gasteiger partial charge in [0.15, 0.2) is 21.3 Å². The van der Waals surface area contributed by atoms with E-state index in [1.165, 1.54) is 5.06 Å². The lowest BCUT2D eigenvalue weighted by molar-refractivity contribution is -0.193. The summed E-state index contributed by atoms with van der Waals surface area (Å²) in [6, 6.07) is 12.2. The molecule has 7 heteroatoms. The van der Waals surface area contributed by atoms with Crippen molar-refractivity contribution in [2.24, 2.45) is 0 Å². The predicted molar refractivity (Wildman–Crippen MR) is 125 cm³/mol. The summed E-state index contributed by atoms with van der Waals surface area (Å²) >= 11 is 0. The van der Waals surface area contributed by atoms with E-state index >= 15 is 0 Å². The van der Waals surface area contributed by atoms with Crippen molar-refractivity contribution >= 4 is 9.84 Å². The summed E-state index contributed by atoms with van der Waals surface area (Å²) in [4.78, 5) is 0.198. The molecule has 0 fully saturated rings. The van der Waals surface area contributed by atoms with Crippen LogP contribution in [0.15, 0.2) is 47.4 Å². The van der Waals surface area contributed by atoms with E-state index in [9.17, 15) is 13.6 Å². The first kappa shape index (κ1) is 24.6. The quantitative estimate of drug-likeness (QED) is 0.539. The SMILES string of the molecule is CCCC[C@]1(CC)CS(=O)(=O)c2cc(OCC)c(OCC)cc2[C@@H](c2ccccc2)N1O. The number of sulfone groups is 1. The number of hydrogen-bond acceptors (Lipinski definition) is 6. The topological polar surface area (TPSA) is 76.1 Å². The Hall–Kier alpha value is -2.09. The van der Waals surface area contributed by atoms with Gasteiger partial charge in [-0.15, -0.1) is 0 Å². The van der Waals surface area contributed by atoms with Gasteiger partial charge in [-0.2, -0.15) is 5.06 Å². The van der Waals surface area contributed by atoms with Crippen LogP contribution in [0.5, 0.6) is 11.5 Å². The smallest absolute Gasteiger partial charge is 0.180 e. The van der Waals surface area contributed by atoms with Gasteiger partial charge >= 0.3 is 0 Å². The zero-order valence-corrected chi connectivity index (χ0v) is 20.3. The van der Waals surface area contributed by atoms with E-state index in [-0.39, 0.29) is 10.6 Å². The fraction of sp³-hybridized carbons (Fsp3) is 0.520. The number of ether oxygens (including phenoxy) is 2. The minimum atomic E-state index is -3.71. The molecule has 0 saturated heterocycles. The van der Waals surface area contributed by atoms with Crippen LogP contribution < -0.4 is 9.47 Å². The molecule has 6 nitrogen and oxygen atoms in total. The zero-order valence-electron chi connectivity index (χ0n) is 19.5. The molecule has 0 aliphatic carbocycles. The molecule has 176 valence electrons. The molecule has 0 saturated carbocycles. The molecule has 2 aromatic carbocycles. The van der Waals surface area contributed by atoms with Gasteiger partial charge in [0.25, 0.3) is 0 Å². The number of nitrogens with zero attached hydrogens (tertiary/aromatic N) is 1. The van der Waals surface area contributed by atoms with Crippen molar-refractivity contribution in [2.45, 2.75) is 69.9 Å². The van der Waals surface area contributed by atoms with E-state index in [1.54, 1.807) is 12.1 Å². The fourth-order valence-corrected chi connectivity index (χ4v) is 6.73. The monoisotopic (exact) mass is 461 g/mol. The van der Waals surface area contributed by atoms with Crippen molar-refractivity contribution in [3.63, 3.8) is 0 Å². The summed E-state index contributed by atoms with van der Waals surface area (Å²) in [5.74, 6) is 0.740. The summed E-state index contributed by atoms with van der Waals surface area (Å²) in [5.41, 5.74) is 0.443. The molecule has 1 N–H and O–H groups in total. The highest BCUT2D eigenvalue weighted by Crippen LogP contribution is 2.47. The average molecular weight is 462 g/mol. The second-order valence-electron chi connectivity index (χ2n) is 8.30. The Morgan fingerprint density at radius 3 is 2.22 bits per heavy atom. The number of fused-ring (bicyclic) bond motifs is 1. The molecule has 2 atom stereocenters. The van der Waals surface area contributed by atoms with Crippen LogP contribution in [0.2, 0.25) is 0 Å². The van der Waals surface area contributed by atoms with E-state index in [2.05, 4.69) is 6.92 Å². The molecule has 0 aromatic heterocycles. The van der Waals surface area contributed by atoms with Crippen LogP contribution >= 0.6 is 0 Å². The average Bonchev–Trinajstić information content (AvgIpc) is 2.85. The Balaban J connectivity index is 2.33.